The van der Waals surface area contributed by atoms with Gasteiger partial charge in [-0.3, -0.25) is 4.40 Å². The molecule has 1 saturated heterocycles. The molecule has 0 bridgehead atoms. The molecule has 3 aromatic heterocycles. The van der Waals surface area contributed by atoms with Gasteiger partial charge in [0, 0.05) is 19.3 Å². The maximum absolute atomic E-state index is 12.8. The summed E-state index contributed by atoms with van der Waals surface area (Å²) in [4.78, 5) is 14.3. The third-order valence-corrected chi connectivity index (χ3v) is 4.00. The Balaban J connectivity index is 1.72. The number of halogens is 3. The summed E-state index contributed by atoms with van der Waals surface area (Å²) in [5.41, 5.74) is 0.247. The lowest BCUT2D eigenvalue weighted by molar-refractivity contribution is -0.141. The van der Waals surface area contributed by atoms with Crippen molar-refractivity contribution in [2.45, 2.75) is 6.18 Å². The van der Waals surface area contributed by atoms with E-state index in [1.165, 1.54) is 16.8 Å². The molecule has 130 valence electrons. The first-order chi connectivity index (χ1) is 12.0. The molecule has 3 aromatic rings. The molecule has 25 heavy (non-hydrogen) atoms. The second-order valence-electron chi connectivity index (χ2n) is 5.60. The minimum atomic E-state index is -4.50. The largest absolute Gasteiger partial charge is 0.433 e. The van der Waals surface area contributed by atoms with Crippen LogP contribution in [0.1, 0.15) is 5.69 Å². The molecule has 1 aliphatic heterocycles. The molecular weight excluding hydrogens is 335 g/mol. The number of rotatable bonds is 2. The lowest BCUT2D eigenvalue weighted by atomic mass is 10.2. The minimum absolute atomic E-state index is 0.0107. The second kappa shape index (κ2) is 5.99. The number of alkyl halides is 3. The molecule has 4 rings (SSSR count). The summed E-state index contributed by atoms with van der Waals surface area (Å²) in [7, 11) is 0. The zero-order valence-corrected chi connectivity index (χ0v) is 13.1. The third kappa shape index (κ3) is 3.02. The summed E-state index contributed by atoms with van der Waals surface area (Å²) >= 11 is 0. The maximum atomic E-state index is 12.8. The number of aromatic nitrogens is 4. The Morgan fingerprint density at radius 2 is 1.84 bits per heavy atom. The van der Waals surface area contributed by atoms with Crippen molar-refractivity contribution in [3.8, 4) is 11.4 Å². The van der Waals surface area contributed by atoms with E-state index in [4.69, 9.17) is 4.74 Å². The highest BCUT2D eigenvalue weighted by Crippen LogP contribution is 2.28. The number of pyridine rings is 1. The quantitative estimate of drug-likeness (QED) is 0.712. The second-order valence-corrected chi connectivity index (χ2v) is 5.60. The van der Waals surface area contributed by atoms with Crippen molar-refractivity contribution in [2.75, 3.05) is 31.2 Å². The molecule has 6 nitrogen and oxygen atoms in total. The van der Waals surface area contributed by atoms with Crippen molar-refractivity contribution >= 4 is 11.6 Å². The monoisotopic (exact) mass is 349 g/mol. The third-order valence-electron chi connectivity index (χ3n) is 4.00. The molecule has 0 spiro atoms. The fourth-order valence-electron chi connectivity index (χ4n) is 2.75. The van der Waals surface area contributed by atoms with Crippen molar-refractivity contribution in [1.82, 2.24) is 19.4 Å². The topological polar surface area (TPSA) is 55.6 Å². The van der Waals surface area contributed by atoms with Crippen LogP contribution in [-0.2, 0) is 10.9 Å². The number of nitrogens with zero attached hydrogens (tertiary/aromatic N) is 5. The Labute approximate surface area is 140 Å². The lowest BCUT2D eigenvalue weighted by Crippen LogP contribution is -2.36. The summed E-state index contributed by atoms with van der Waals surface area (Å²) in [6.45, 7) is 2.79. The Hall–Kier alpha value is -2.68. The van der Waals surface area contributed by atoms with Crippen LogP contribution in [-0.4, -0.2) is 45.7 Å². The molecule has 0 aliphatic carbocycles. The van der Waals surface area contributed by atoms with Crippen molar-refractivity contribution in [3.05, 3.63) is 42.4 Å². The van der Waals surface area contributed by atoms with Gasteiger partial charge in [-0.2, -0.15) is 13.2 Å². The van der Waals surface area contributed by atoms with Crippen LogP contribution in [0.15, 0.2) is 36.7 Å². The van der Waals surface area contributed by atoms with Crippen LogP contribution in [0.3, 0.4) is 0 Å². The van der Waals surface area contributed by atoms with Gasteiger partial charge in [0.1, 0.15) is 11.5 Å². The molecule has 1 aliphatic rings. The smallest absolute Gasteiger partial charge is 0.378 e. The van der Waals surface area contributed by atoms with Crippen LogP contribution in [0.4, 0.5) is 19.0 Å². The summed E-state index contributed by atoms with van der Waals surface area (Å²) < 4.78 is 45.2. The van der Waals surface area contributed by atoms with Crippen LogP contribution < -0.4 is 4.90 Å². The number of ether oxygens (including phenoxy) is 1. The van der Waals surface area contributed by atoms with Gasteiger partial charge in [0.15, 0.2) is 0 Å². The molecular formula is C16H14F3N5O. The van der Waals surface area contributed by atoms with E-state index in [0.717, 1.165) is 25.0 Å². The van der Waals surface area contributed by atoms with Gasteiger partial charge in [0.05, 0.1) is 30.8 Å². The summed E-state index contributed by atoms with van der Waals surface area (Å²) in [5, 5.41) is 0. The molecule has 0 aromatic carbocycles. The van der Waals surface area contributed by atoms with Crippen molar-refractivity contribution in [2.24, 2.45) is 0 Å². The highest BCUT2D eigenvalue weighted by atomic mass is 19.4. The molecule has 1 fully saturated rings. The van der Waals surface area contributed by atoms with E-state index in [1.54, 1.807) is 6.07 Å². The van der Waals surface area contributed by atoms with Crippen LogP contribution >= 0.6 is 0 Å². The van der Waals surface area contributed by atoms with Gasteiger partial charge in [-0.1, -0.05) is 6.07 Å². The average Bonchev–Trinajstić information content (AvgIpc) is 3.05. The first-order valence-electron chi connectivity index (χ1n) is 7.74. The first-order valence-corrected chi connectivity index (χ1v) is 7.74. The maximum Gasteiger partial charge on any atom is 0.433 e. The van der Waals surface area contributed by atoms with Crippen molar-refractivity contribution < 1.29 is 17.9 Å². The number of fused-ring (bicyclic) bond motifs is 1. The van der Waals surface area contributed by atoms with Gasteiger partial charge in [-0.05, 0) is 18.2 Å². The molecule has 0 radical (unpaired) electrons. The number of hydrogen-bond acceptors (Lipinski definition) is 5. The zero-order chi connectivity index (χ0) is 17.4. The van der Waals surface area contributed by atoms with Crippen molar-refractivity contribution in [3.63, 3.8) is 0 Å². The highest BCUT2D eigenvalue weighted by Gasteiger charge is 2.33. The van der Waals surface area contributed by atoms with E-state index in [2.05, 4.69) is 19.9 Å². The average molecular weight is 349 g/mol. The Bertz CT molecular complexity index is 902. The zero-order valence-electron chi connectivity index (χ0n) is 13.1. The Morgan fingerprint density at radius 3 is 2.60 bits per heavy atom. The van der Waals surface area contributed by atoms with Crippen LogP contribution in [0.2, 0.25) is 0 Å². The summed E-state index contributed by atoms with van der Waals surface area (Å²) in [6, 6.07) is 6.50. The molecule has 0 N–H and O–H groups in total. The number of imidazole rings is 1. The van der Waals surface area contributed by atoms with E-state index < -0.39 is 11.9 Å². The molecule has 4 heterocycles. The van der Waals surface area contributed by atoms with E-state index >= 15 is 0 Å². The van der Waals surface area contributed by atoms with Crippen LogP contribution in [0.25, 0.3) is 17.2 Å². The predicted octanol–water partition coefficient (Wildman–Crippen LogP) is 2.65. The van der Waals surface area contributed by atoms with E-state index in [1.807, 2.05) is 12.1 Å². The van der Waals surface area contributed by atoms with E-state index in [9.17, 15) is 13.2 Å². The fourth-order valence-corrected chi connectivity index (χ4v) is 2.75. The lowest BCUT2D eigenvalue weighted by Gasteiger charge is -2.28. The minimum Gasteiger partial charge on any atom is -0.378 e. The highest BCUT2D eigenvalue weighted by molar-refractivity contribution is 5.61. The number of hydrogen-bond donors (Lipinski definition) is 0. The predicted molar refractivity (Wildman–Crippen MR) is 84.3 cm³/mol. The van der Waals surface area contributed by atoms with Crippen LogP contribution in [0, 0.1) is 0 Å². The molecule has 9 heteroatoms. The van der Waals surface area contributed by atoms with Gasteiger partial charge >= 0.3 is 6.18 Å². The van der Waals surface area contributed by atoms with Crippen LogP contribution in [0.5, 0.6) is 0 Å². The number of anilines is 1. The van der Waals surface area contributed by atoms with Gasteiger partial charge in [-0.25, -0.2) is 15.0 Å². The summed E-state index contributed by atoms with van der Waals surface area (Å²) in [5.74, 6) is 0.791. The van der Waals surface area contributed by atoms with Gasteiger partial charge in [0.2, 0.25) is 5.78 Å². The summed E-state index contributed by atoms with van der Waals surface area (Å²) in [6.07, 6.45) is -1.70. The standard InChI is InChI=1S/C16H14F3N5O/c17-16(18,19)13-4-5-24-12(10-20-15(24)22-13)11-2-1-3-14(21-11)23-6-8-25-9-7-23/h1-5,10H,6-9H2. The molecule has 0 saturated carbocycles. The SMILES string of the molecule is FC(F)(F)c1ccn2c(-c3cccc(N4CCOCC4)n3)cnc2n1. The van der Waals surface area contributed by atoms with E-state index in [0.29, 0.717) is 24.6 Å². The first kappa shape index (κ1) is 15.8. The normalized spacial score (nSPS) is 15.7. The Morgan fingerprint density at radius 1 is 1.04 bits per heavy atom. The molecule has 0 unspecified atom stereocenters. The van der Waals surface area contributed by atoms with E-state index in [-0.39, 0.29) is 5.78 Å². The number of morpholine rings is 1. The molecule has 0 atom stereocenters. The van der Waals surface area contributed by atoms with Gasteiger partial charge in [0.25, 0.3) is 0 Å². The van der Waals surface area contributed by atoms with Crippen molar-refractivity contribution in [1.29, 1.82) is 0 Å². The fraction of sp³-hybridized carbons (Fsp3) is 0.312. The van der Waals surface area contributed by atoms with Gasteiger partial charge < -0.3 is 9.64 Å². The molecule has 0 amide bonds. The Kier molecular flexibility index (Phi) is 3.79. The van der Waals surface area contributed by atoms with Gasteiger partial charge in [-0.15, -0.1) is 0 Å².